The number of aromatic nitrogens is 2. The molecule has 1 fully saturated rings. The Kier molecular flexibility index (Phi) is 3.98. The second-order valence-corrected chi connectivity index (χ2v) is 4.73. The molecule has 2 amide bonds. The Labute approximate surface area is 108 Å². The number of alkyl halides is 2. The average molecular weight is 274 g/mol. The third-order valence-electron chi connectivity index (χ3n) is 3.08. The lowest BCUT2D eigenvalue weighted by atomic mass is 9.80. The van der Waals surface area contributed by atoms with Crippen LogP contribution in [-0.4, -0.2) is 39.5 Å². The summed E-state index contributed by atoms with van der Waals surface area (Å²) in [6.45, 7) is -0.326. The van der Waals surface area contributed by atoms with Crippen LogP contribution in [0.25, 0.3) is 0 Å². The maximum absolute atomic E-state index is 12.1. The summed E-state index contributed by atoms with van der Waals surface area (Å²) in [5.74, 6) is 0. The van der Waals surface area contributed by atoms with Crippen molar-refractivity contribution < 1.29 is 18.7 Å². The third kappa shape index (κ3) is 3.88. The van der Waals surface area contributed by atoms with Gasteiger partial charge in [0.15, 0.2) is 0 Å². The predicted octanol–water partition coefficient (Wildman–Crippen LogP) is 1.18. The molecule has 1 heterocycles. The van der Waals surface area contributed by atoms with Crippen LogP contribution in [0.4, 0.5) is 19.3 Å². The zero-order valence-electron chi connectivity index (χ0n) is 10.3. The first-order valence-corrected chi connectivity index (χ1v) is 6.05. The van der Waals surface area contributed by atoms with Crippen LogP contribution in [0.1, 0.15) is 19.3 Å². The number of hydrogen-bond donors (Lipinski definition) is 3. The van der Waals surface area contributed by atoms with Gasteiger partial charge in [-0.3, -0.25) is 4.68 Å². The Hall–Kier alpha value is -1.70. The van der Waals surface area contributed by atoms with E-state index in [1.807, 2.05) is 0 Å². The second-order valence-electron chi connectivity index (χ2n) is 4.73. The monoisotopic (exact) mass is 274 g/mol. The van der Waals surface area contributed by atoms with Crippen molar-refractivity contribution in [3.8, 4) is 0 Å². The highest BCUT2D eigenvalue weighted by atomic mass is 19.3. The van der Waals surface area contributed by atoms with Crippen LogP contribution in [0.2, 0.25) is 0 Å². The zero-order valence-corrected chi connectivity index (χ0v) is 10.3. The molecule has 2 rings (SSSR count). The van der Waals surface area contributed by atoms with Crippen molar-refractivity contribution in [2.75, 3.05) is 11.9 Å². The maximum Gasteiger partial charge on any atom is 0.319 e. The minimum atomic E-state index is -2.49. The number of carbonyl (C=O) groups excluding carboxylic acids is 1. The quantitative estimate of drug-likeness (QED) is 0.754. The number of carbonyl (C=O) groups is 1. The molecule has 19 heavy (non-hydrogen) atoms. The van der Waals surface area contributed by atoms with E-state index in [0.717, 1.165) is 11.1 Å². The van der Waals surface area contributed by atoms with Crippen molar-refractivity contribution in [3.63, 3.8) is 0 Å². The Morgan fingerprint density at radius 3 is 2.89 bits per heavy atom. The van der Waals surface area contributed by atoms with Crippen LogP contribution in [0.15, 0.2) is 12.4 Å². The molecule has 0 saturated heterocycles. The predicted molar refractivity (Wildman–Crippen MR) is 64.1 cm³/mol. The van der Waals surface area contributed by atoms with Crippen molar-refractivity contribution in [1.82, 2.24) is 15.1 Å². The second kappa shape index (κ2) is 5.52. The van der Waals surface area contributed by atoms with Gasteiger partial charge < -0.3 is 15.7 Å². The molecule has 1 aromatic rings. The number of hydrogen-bond acceptors (Lipinski definition) is 3. The van der Waals surface area contributed by atoms with Gasteiger partial charge in [0.25, 0.3) is 6.43 Å². The first-order valence-electron chi connectivity index (χ1n) is 6.05. The molecule has 0 bridgehead atoms. The summed E-state index contributed by atoms with van der Waals surface area (Å²) in [6, 6.07) is -0.489. The van der Waals surface area contributed by atoms with Gasteiger partial charge in [0, 0.05) is 12.7 Å². The van der Waals surface area contributed by atoms with E-state index in [4.69, 9.17) is 0 Å². The molecule has 1 aliphatic carbocycles. The van der Waals surface area contributed by atoms with Gasteiger partial charge in [0.2, 0.25) is 0 Å². The molecule has 0 atom stereocenters. The Morgan fingerprint density at radius 1 is 1.58 bits per heavy atom. The molecule has 0 unspecified atom stereocenters. The highest BCUT2D eigenvalue weighted by molar-refractivity contribution is 5.88. The summed E-state index contributed by atoms with van der Waals surface area (Å²) in [5.41, 5.74) is -0.462. The first kappa shape index (κ1) is 13.7. The number of amides is 2. The number of halogens is 2. The molecular weight excluding hydrogens is 258 g/mol. The maximum atomic E-state index is 12.1. The summed E-state index contributed by atoms with van der Waals surface area (Å²) in [7, 11) is 0. The molecule has 1 saturated carbocycles. The van der Waals surface area contributed by atoms with Crippen LogP contribution in [0, 0.1) is 0 Å². The zero-order chi connectivity index (χ0) is 13.9. The van der Waals surface area contributed by atoms with Crippen LogP contribution in [0.3, 0.4) is 0 Å². The summed E-state index contributed by atoms with van der Waals surface area (Å²) in [4.78, 5) is 11.5. The fourth-order valence-electron chi connectivity index (χ4n) is 1.85. The van der Waals surface area contributed by atoms with Gasteiger partial charge in [-0.15, -0.1) is 0 Å². The van der Waals surface area contributed by atoms with Crippen molar-refractivity contribution in [1.29, 1.82) is 0 Å². The third-order valence-corrected chi connectivity index (χ3v) is 3.08. The number of aliphatic hydroxyl groups is 1. The lowest BCUT2D eigenvalue weighted by molar-refractivity contribution is -0.0287. The van der Waals surface area contributed by atoms with E-state index in [-0.39, 0.29) is 6.54 Å². The lowest BCUT2D eigenvalue weighted by Crippen LogP contribution is -2.48. The molecule has 8 heteroatoms. The largest absolute Gasteiger partial charge is 0.388 e. The molecule has 0 spiro atoms. The fourth-order valence-corrected chi connectivity index (χ4v) is 1.85. The standard InChI is InChI=1S/C11H16F2N4O2/c12-9(13)6-17-5-8(4-15-17)16-10(18)14-7-11(19)2-1-3-11/h4-5,9,19H,1-3,6-7H2,(H2,14,16,18). The normalized spacial score (nSPS) is 17.1. The van der Waals surface area contributed by atoms with E-state index in [1.54, 1.807) is 0 Å². The van der Waals surface area contributed by atoms with E-state index in [2.05, 4.69) is 15.7 Å². The van der Waals surface area contributed by atoms with E-state index in [9.17, 15) is 18.7 Å². The highest BCUT2D eigenvalue weighted by Crippen LogP contribution is 2.30. The number of nitrogens with zero attached hydrogens (tertiary/aromatic N) is 2. The highest BCUT2D eigenvalue weighted by Gasteiger charge is 2.34. The summed E-state index contributed by atoms with van der Waals surface area (Å²) < 4.78 is 25.3. The van der Waals surface area contributed by atoms with Crippen LogP contribution in [0.5, 0.6) is 0 Å². The first-order chi connectivity index (χ1) is 8.97. The summed E-state index contributed by atoms with van der Waals surface area (Å²) in [6.07, 6.45) is 2.44. The molecule has 6 nitrogen and oxygen atoms in total. The number of anilines is 1. The lowest BCUT2D eigenvalue weighted by Gasteiger charge is -2.36. The topological polar surface area (TPSA) is 79.2 Å². The smallest absolute Gasteiger partial charge is 0.319 e. The minimum Gasteiger partial charge on any atom is -0.388 e. The van der Waals surface area contributed by atoms with Gasteiger partial charge in [-0.2, -0.15) is 5.10 Å². The Morgan fingerprint density at radius 2 is 2.32 bits per heavy atom. The number of urea groups is 1. The van der Waals surface area contributed by atoms with Gasteiger partial charge in [-0.1, -0.05) is 0 Å². The van der Waals surface area contributed by atoms with E-state index in [1.165, 1.54) is 12.4 Å². The van der Waals surface area contributed by atoms with E-state index < -0.39 is 24.6 Å². The molecular formula is C11H16F2N4O2. The van der Waals surface area contributed by atoms with Crippen molar-refractivity contribution in [3.05, 3.63) is 12.4 Å². The summed E-state index contributed by atoms with van der Waals surface area (Å²) >= 11 is 0. The average Bonchev–Trinajstić information content (AvgIpc) is 2.70. The van der Waals surface area contributed by atoms with Crippen LogP contribution in [-0.2, 0) is 6.54 Å². The molecule has 3 N–H and O–H groups in total. The number of nitrogens with one attached hydrogen (secondary N) is 2. The van der Waals surface area contributed by atoms with Gasteiger partial charge >= 0.3 is 6.03 Å². The minimum absolute atomic E-state index is 0.185. The van der Waals surface area contributed by atoms with Gasteiger partial charge in [-0.25, -0.2) is 13.6 Å². The van der Waals surface area contributed by atoms with Gasteiger partial charge in [0.05, 0.1) is 17.5 Å². The molecule has 0 aromatic carbocycles. The van der Waals surface area contributed by atoms with Crippen molar-refractivity contribution in [2.24, 2.45) is 0 Å². The summed E-state index contributed by atoms with van der Waals surface area (Å²) in [5, 5.41) is 18.5. The Bertz CT molecular complexity index is 446. The fraction of sp³-hybridized carbons (Fsp3) is 0.636. The SMILES string of the molecule is O=C(NCC1(O)CCC1)Nc1cnn(CC(F)F)c1. The molecule has 106 valence electrons. The van der Waals surface area contributed by atoms with Crippen LogP contribution < -0.4 is 10.6 Å². The van der Waals surface area contributed by atoms with Crippen molar-refractivity contribution in [2.45, 2.75) is 37.8 Å². The Balaban J connectivity index is 1.76. The van der Waals surface area contributed by atoms with E-state index in [0.29, 0.717) is 18.5 Å². The number of rotatable bonds is 5. The molecule has 1 aliphatic rings. The molecule has 1 aromatic heterocycles. The van der Waals surface area contributed by atoms with Gasteiger partial charge in [0.1, 0.15) is 6.54 Å². The molecule has 0 aliphatic heterocycles. The van der Waals surface area contributed by atoms with E-state index >= 15 is 0 Å². The van der Waals surface area contributed by atoms with Crippen molar-refractivity contribution >= 4 is 11.7 Å². The van der Waals surface area contributed by atoms with Crippen LogP contribution >= 0.6 is 0 Å². The van der Waals surface area contributed by atoms with Gasteiger partial charge in [-0.05, 0) is 19.3 Å². The molecule has 0 radical (unpaired) electrons.